The molecule has 0 aromatic heterocycles. The SMILES string of the molecule is Cc1ccccc1-c1ccc(C(=O)N(C)CC2CCCCO2)cc1. The molecule has 1 atom stereocenters. The number of nitrogens with zero attached hydrogens (tertiary/aromatic N) is 1. The van der Waals surface area contributed by atoms with Crippen LogP contribution in [0.15, 0.2) is 48.5 Å². The molecule has 0 bridgehead atoms. The van der Waals surface area contributed by atoms with Crippen molar-refractivity contribution in [3.8, 4) is 11.1 Å². The highest BCUT2D eigenvalue weighted by molar-refractivity contribution is 5.94. The quantitative estimate of drug-likeness (QED) is 0.839. The number of carbonyl (C=O) groups excluding carboxylic acids is 1. The van der Waals surface area contributed by atoms with E-state index in [1.807, 2.05) is 43.4 Å². The van der Waals surface area contributed by atoms with Crippen LogP contribution in [-0.2, 0) is 4.74 Å². The van der Waals surface area contributed by atoms with Crippen LogP contribution in [0, 0.1) is 6.92 Å². The second-order valence-corrected chi connectivity index (χ2v) is 6.57. The Bertz CT molecular complexity index is 687. The molecule has 1 saturated heterocycles. The maximum atomic E-state index is 12.6. The van der Waals surface area contributed by atoms with Gasteiger partial charge in [-0.25, -0.2) is 0 Å². The summed E-state index contributed by atoms with van der Waals surface area (Å²) in [6.07, 6.45) is 3.55. The van der Waals surface area contributed by atoms with Gasteiger partial charge in [0, 0.05) is 25.8 Å². The zero-order valence-corrected chi connectivity index (χ0v) is 14.5. The van der Waals surface area contributed by atoms with Crippen molar-refractivity contribution in [2.24, 2.45) is 0 Å². The molecule has 2 aromatic carbocycles. The lowest BCUT2D eigenvalue weighted by Gasteiger charge is -2.27. The Labute approximate surface area is 144 Å². The summed E-state index contributed by atoms with van der Waals surface area (Å²) >= 11 is 0. The fourth-order valence-corrected chi connectivity index (χ4v) is 3.25. The van der Waals surface area contributed by atoms with Gasteiger partial charge in [0.1, 0.15) is 0 Å². The lowest BCUT2D eigenvalue weighted by atomic mass is 9.99. The second kappa shape index (κ2) is 7.63. The minimum Gasteiger partial charge on any atom is -0.376 e. The molecule has 0 aliphatic carbocycles. The van der Waals surface area contributed by atoms with Gasteiger partial charge in [-0.2, -0.15) is 0 Å². The molecule has 1 unspecified atom stereocenters. The summed E-state index contributed by atoms with van der Waals surface area (Å²) in [6.45, 7) is 3.59. The average molecular weight is 323 g/mol. The Morgan fingerprint density at radius 1 is 1.12 bits per heavy atom. The average Bonchev–Trinajstić information content (AvgIpc) is 2.62. The first-order valence-corrected chi connectivity index (χ1v) is 8.68. The third-order valence-corrected chi connectivity index (χ3v) is 4.69. The molecule has 0 spiro atoms. The van der Waals surface area contributed by atoms with Crippen LogP contribution in [0.25, 0.3) is 11.1 Å². The monoisotopic (exact) mass is 323 g/mol. The Morgan fingerprint density at radius 2 is 1.88 bits per heavy atom. The maximum Gasteiger partial charge on any atom is 0.253 e. The topological polar surface area (TPSA) is 29.5 Å². The highest BCUT2D eigenvalue weighted by Crippen LogP contribution is 2.23. The van der Waals surface area contributed by atoms with Crippen molar-refractivity contribution in [2.75, 3.05) is 20.2 Å². The number of carbonyl (C=O) groups is 1. The molecule has 1 heterocycles. The van der Waals surface area contributed by atoms with Gasteiger partial charge < -0.3 is 9.64 Å². The standard InChI is InChI=1S/C21H25NO2/c1-16-7-3-4-9-20(16)17-10-12-18(13-11-17)21(23)22(2)15-19-8-5-6-14-24-19/h3-4,7,9-13,19H,5-6,8,14-15H2,1-2H3. The Hall–Kier alpha value is -2.13. The first kappa shape index (κ1) is 16.7. The van der Waals surface area contributed by atoms with Crippen LogP contribution in [0.4, 0.5) is 0 Å². The van der Waals surface area contributed by atoms with Crippen molar-refractivity contribution in [1.82, 2.24) is 4.90 Å². The van der Waals surface area contributed by atoms with E-state index in [4.69, 9.17) is 4.74 Å². The van der Waals surface area contributed by atoms with Crippen LogP contribution < -0.4 is 0 Å². The van der Waals surface area contributed by atoms with Crippen molar-refractivity contribution in [3.63, 3.8) is 0 Å². The van der Waals surface area contributed by atoms with Gasteiger partial charge in [0.25, 0.3) is 5.91 Å². The summed E-state index contributed by atoms with van der Waals surface area (Å²) in [5.74, 6) is 0.0560. The second-order valence-electron chi connectivity index (χ2n) is 6.57. The third-order valence-electron chi connectivity index (χ3n) is 4.69. The minimum atomic E-state index is 0.0560. The first-order chi connectivity index (χ1) is 11.6. The molecular weight excluding hydrogens is 298 g/mol. The molecule has 24 heavy (non-hydrogen) atoms. The number of amides is 1. The molecule has 2 aromatic rings. The highest BCUT2D eigenvalue weighted by atomic mass is 16.5. The number of likely N-dealkylation sites (N-methyl/N-ethyl adjacent to an activating group) is 1. The van der Waals surface area contributed by atoms with Crippen LogP contribution in [-0.4, -0.2) is 37.1 Å². The van der Waals surface area contributed by atoms with E-state index in [0.717, 1.165) is 30.6 Å². The van der Waals surface area contributed by atoms with Crippen molar-refractivity contribution < 1.29 is 9.53 Å². The minimum absolute atomic E-state index is 0.0560. The lowest BCUT2D eigenvalue weighted by molar-refractivity contribution is -0.000186. The summed E-state index contributed by atoms with van der Waals surface area (Å²) in [7, 11) is 1.86. The van der Waals surface area contributed by atoms with Crippen molar-refractivity contribution >= 4 is 5.91 Å². The third kappa shape index (κ3) is 3.85. The summed E-state index contributed by atoms with van der Waals surface area (Å²) in [5, 5.41) is 0. The molecule has 1 amide bonds. The van der Waals surface area contributed by atoms with Gasteiger partial charge in [-0.15, -0.1) is 0 Å². The van der Waals surface area contributed by atoms with Crippen LogP contribution in [0.3, 0.4) is 0 Å². The van der Waals surface area contributed by atoms with Crippen LogP contribution in [0.2, 0.25) is 0 Å². The summed E-state index contributed by atoms with van der Waals surface area (Å²) in [6, 6.07) is 16.2. The number of benzene rings is 2. The Morgan fingerprint density at radius 3 is 2.54 bits per heavy atom. The van der Waals surface area contributed by atoms with E-state index in [2.05, 4.69) is 19.1 Å². The molecule has 1 aliphatic heterocycles. The van der Waals surface area contributed by atoms with E-state index in [9.17, 15) is 4.79 Å². The van der Waals surface area contributed by atoms with Crippen molar-refractivity contribution in [2.45, 2.75) is 32.3 Å². The van der Waals surface area contributed by atoms with E-state index in [0.29, 0.717) is 6.54 Å². The van der Waals surface area contributed by atoms with E-state index >= 15 is 0 Å². The maximum absolute atomic E-state index is 12.6. The number of ether oxygens (including phenoxy) is 1. The van der Waals surface area contributed by atoms with Crippen LogP contribution in [0.5, 0.6) is 0 Å². The predicted octanol–water partition coefficient (Wildman–Crippen LogP) is 4.30. The number of rotatable bonds is 4. The van der Waals surface area contributed by atoms with Gasteiger partial charge in [0.05, 0.1) is 6.10 Å². The van der Waals surface area contributed by atoms with Crippen LogP contribution >= 0.6 is 0 Å². The molecule has 1 aliphatic rings. The number of aryl methyl sites for hydroxylation is 1. The largest absolute Gasteiger partial charge is 0.376 e. The van der Waals surface area contributed by atoms with Gasteiger partial charge >= 0.3 is 0 Å². The molecule has 0 N–H and O–H groups in total. The molecule has 1 fully saturated rings. The van der Waals surface area contributed by atoms with Crippen molar-refractivity contribution in [3.05, 3.63) is 59.7 Å². The van der Waals surface area contributed by atoms with Gasteiger partial charge in [0.15, 0.2) is 0 Å². The lowest BCUT2D eigenvalue weighted by Crippen LogP contribution is -2.37. The predicted molar refractivity (Wildman–Crippen MR) is 97.2 cm³/mol. The van der Waals surface area contributed by atoms with E-state index in [1.54, 1.807) is 4.90 Å². The molecule has 3 rings (SSSR count). The normalized spacial score (nSPS) is 17.5. The Kier molecular flexibility index (Phi) is 5.31. The van der Waals surface area contributed by atoms with Gasteiger partial charge in [-0.05, 0) is 55.0 Å². The highest BCUT2D eigenvalue weighted by Gasteiger charge is 2.19. The molecule has 0 radical (unpaired) electrons. The van der Waals surface area contributed by atoms with Crippen molar-refractivity contribution in [1.29, 1.82) is 0 Å². The molecule has 126 valence electrons. The fraction of sp³-hybridized carbons (Fsp3) is 0.381. The molecule has 3 heteroatoms. The number of hydrogen-bond acceptors (Lipinski definition) is 2. The summed E-state index contributed by atoms with van der Waals surface area (Å²) in [4.78, 5) is 14.4. The van der Waals surface area contributed by atoms with E-state index in [-0.39, 0.29) is 12.0 Å². The zero-order valence-electron chi connectivity index (χ0n) is 14.5. The summed E-state index contributed by atoms with van der Waals surface area (Å²) in [5.41, 5.74) is 4.32. The Balaban J connectivity index is 1.68. The van der Waals surface area contributed by atoms with Gasteiger partial charge in [-0.1, -0.05) is 36.4 Å². The fourth-order valence-electron chi connectivity index (χ4n) is 3.25. The molecular formula is C21H25NO2. The van der Waals surface area contributed by atoms with E-state index < -0.39 is 0 Å². The van der Waals surface area contributed by atoms with E-state index in [1.165, 1.54) is 17.5 Å². The first-order valence-electron chi connectivity index (χ1n) is 8.68. The smallest absolute Gasteiger partial charge is 0.253 e. The van der Waals surface area contributed by atoms with Crippen LogP contribution in [0.1, 0.15) is 35.2 Å². The summed E-state index contributed by atoms with van der Waals surface area (Å²) < 4.78 is 5.73. The van der Waals surface area contributed by atoms with Gasteiger partial charge in [-0.3, -0.25) is 4.79 Å². The zero-order chi connectivity index (χ0) is 16.9. The number of hydrogen-bond donors (Lipinski definition) is 0. The molecule has 0 saturated carbocycles. The van der Waals surface area contributed by atoms with Gasteiger partial charge in [0.2, 0.25) is 0 Å². The molecule has 3 nitrogen and oxygen atoms in total.